The van der Waals surface area contributed by atoms with Gasteiger partial charge in [0.15, 0.2) is 5.96 Å². The number of guanidine groups is 1. The smallest absolute Gasteiger partial charge is 0.191 e. The van der Waals surface area contributed by atoms with E-state index >= 15 is 0 Å². The molecule has 0 amide bonds. The predicted octanol–water partition coefficient (Wildman–Crippen LogP) is 2.44. The number of nitrogens with zero attached hydrogens (tertiary/aromatic N) is 1. The molecule has 0 aliphatic rings. The van der Waals surface area contributed by atoms with Crippen LogP contribution in [0.3, 0.4) is 0 Å². The molecule has 2 N–H and O–H groups in total. The minimum absolute atomic E-state index is 0.755. The second-order valence-corrected chi connectivity index (χ2v) is 5.28. The predicted molar refractivity (Wildman–Crippen MR) is 90.1 cm³/mol. The first kappa shape index (κ1) is 17.5. The number of nitrogens with one attached hydrogen (secondary N) is 2. The van der Waals surface area contributed by atoms with Crippen LogP contribution in [0.25, 0.3) is 0 Å². The summed E-state index contributed by atoms with van der Waals surface area (Å²) < 4.78 is 5.03. The van der Waals surface area contributed by atoms with Crippen molar-refractivity contribution in [2.24, 2.45) is 4.99 Å². The minimum atomic E-state index is 0.755. The van der Waals surface area contributed by atoms with Gasteiger partial charge in [0.25, 0.3) is 0 Å². The van der Waals surface area contributed by atoms with Gasteiger partial charge in [-0.2, -0.15) is 0 Å². The Morgan fingerprint density at radius 3 is 2.48 bits per heavy atom. The van der Waals surface area contributed by atoms with E-state index in [9.17, 15) is 0 Å². The summed E-state index contributed by atoms with van der Waals surface area (Å²) in [6, 6.07) is 6.70. The van der Waals surface area contributed by atoms with Crippen LogP contribution >= 0.6 is 0 Å². The van der Waals surface area contributed by atoms with E-state index in [1.807, 2.05) is 0 Å². The lowest BCUT2D eigenvalue weighted by molar-refractivity contribution is 0.197. The maximum Gasteiger partial charge on any atom is 0.191 e. The molecule has 4 heteroatoms. The van der Waals surface area contributed by atoms with E-state index in [0.29, 0.717) is 0 Å². The van der Waals surface area contributed by atoms with Crippen molar-refractivity contribution in [1.29, 1.82) is 0 Å². The molecule has 0 aliphatic heterocycles. The summed E-state index contributed by atoms with van der Waals surface area (Å²) in [5, 5.41) is 6.65. The summed E-state index contributed by atoms with van der Waals surface area (Å²) >= 11 is 0. The van der Waals surface area contributed by atoms with Crippen LogP contribution in [0.4, 0.5) is 0 Å². The largest absolute Gasteiger partial charge is 0.385 e. The molecule has 0 heterocycles. The van der Waals surface area contributed by atoms with Gasteiger partial charge in [-0.3, -0.25) is 4.99 Å². The van der Waals surface area contributed by atoms with Gasteiger partial charge in [-0.25, -0.2) is 0 Å². The van der Waals surface area contributed by atoms with Crippen molar-refractivity contribution in [3.05, 3.63) is 34.9 Å². The lowest BCUT2D eigenvalue weighted by Crippen LogP contribution is -2.38. The van der Waals surface area contributed by atoms with Crippen LogP contribution in [0.2, 0.25) is 0 Å². The van der Waals surface area contributed by atoms with Crippen LogP contribution in [-0.4, -0.2) is 39.3 Å². The van der Waals surface area contributed by atoms with Gasteiger partial charge in [-0.1, -0.05) is 29.3 Å². The van der Waals surface area contributed by atoms with E-state index in [1.54, 1.807) is 7.11 Å². The second kappa shape index (κ2) is 10.2. The van der Waals surface area contributed by atoms with Crippen LogP contribution in [-0.2, 0) is 11.2 Å². The molecule has 1 aromatic carbocycles. The molecular weight excluding hydrogens is 262 g/mol. The summed E-state index contributed by atoms with van der Waals surface area (Å²) in [4.78, 5) is 4.53. The third kappa shape index (κ3) is 7.71. The Morgan fingerprint density at radius 1 is 1.14 bits per heavy atom. The maximum atomic E-state index is 5.03. The molecule has 118 valence electrons. The molecule has 0 unspecified atom stereocenters. The maximum absolute atomic E-state index is 5.03. The number of hydrogen-bond donors (Lipinski definition) is 2. The molecule has 4 nitrogen and oxygen atoms in total. The molecule has 0 saturated carbocycles. The van der Waals surface area contributed by atoms with E-state index in [0.717, 1.165) is 45.0 Å². The zero-order valence-corrected chi connectivity index (χ0v) is 13.8. The Morgan fingerprint density at radius 2 is 1.86 bits per heavy atom. The van der Waals surface area contributed by atoms with Crippen molar-refractivity contribution in [3.63, 3.8) is 0 Å². The van der Waals surface area contributed by atoms with Crippen LogP contribution in [0.5, 0.6) is 0 Å². The zero-order chi connectivity index (χ0) is 15.5. The molecule has 0 aliphatic carbocycles. The van der Waals surface area contributed by atoms with Gasteiger partial charge in [0.05, 0.1) is 0 Å². The van der Waals surface area contributed by atoms with Crippen molar-refractivity contribution in [1.82, 2.24) is 10.6 Å². The van der Waals surface area contributed by atoms with Crippen LogP contribution in [0.15, 0.2) is 23.2 Å². The topological polar surface area (TPSA) is 45.7 Å². The molecule has 0 fully saturated rings. The normalized spacial score (nSPS) is 11.5. The fourth-order valence-electron chi connectivity index (χ4n) is 2.28. The third-order valence-corrected chi connectivity index (χ3v) is 3.11. The van der Waals surface area contributed by atoms with E-state index in [2.05, 4.69) is 54.6 Å². The summed E-state index contributed by atoms with van der Waals surface area (Å²) in [5.41, 5.74) is 4.02. The first-order valence-electron chi connectivity index (χ1n) is 7.74. The quantitative estimate of drug-likeness (QED) is 0.439. The van der Waals surface area contributed by atoms with Crippen molar-refractivity contribution in [2.45, 2.75) is 33.6 Å². The summed E-state index contributed by atoms with van der Waals surface area (Å²) in [7, 11) is 1.72. The molecule has 0 radical (unpaired) electrons. The SMILES string of the molecule is CCNC(=NCCCOC)NCCc1cc(C)cc(C)c1. The number of aliphatic imine (C=N–C) groups is 1. The average molecular weight is 291 g/mol. The lowest BCUT2D eigenvalue weighted by atomic mass is 10.1. The number of rotatable bonds is 8. The zero-order valence-electron chi connectivity index (χ0n) is 13.8. The molecule has 0 saturated heterocycles. The molecule has 0 aromatic heterocycles. The second-order valence-electron chi connectivity index (χ2n) is 5.28. The van der Waals surface area contributed by atoms with Gasteiger partial charge in [-0.15, -0.1) is 0 Å². The molecular formula is C17H29N3O. The number of aryl methyl sites for hydroxylation is 2. The fourth-order valence-corrected chi connectivity index (χ4v) is 2.28. The lowest BCUT2D eigenvalue weighted by Gasteiger charge is -2.12. The van der Waals surface area contributed by atoms with E-state index < -0.39 is 0 Å². The van der Waals surface area contributed by atoms with Crippen LogP contribution in [0.1, 0.15) is 30.0 Å². The van der Waals surface area contributed by atoms with Crippen molar-refractivity contribution in [2.75, 3.05) is 33.4 Å². The van der Waals surface area contributed by atoms with Crippen molar-refractivity contribution in [3.8, 4) is 0 Å². The van der Waals surface area contributed by atoms with Gasteiger partial charge in [0, 0.05) is 33.4 Å². The van der Waals surface area contributed by atoms with E-state index in [1.165, 1.54) is 16.7 Å². The van der Waals surface area contributed by atoms with Gasteiger partial charge >= 0.3 is 0 Å². The summed E-state index contributed by atoms with van der Waals surface area (Å²) in [5.74, 6) is 0.887. The van der Waals surface area contributed by atoms with Crippen LogP contribution in [0, 0.1) is 13.8 Å². The highest BCUT2D eigenvalue weighted by atomic mass is 16.5. The first-order valence-corrected chi connectivity index (χ1v) is 7.74. The average Bonchev–Trinajstić information content (AvgIpc) is 2.42. The standard InChI is InChI=1S/C17H29N3O/c1-5-18-17(19-8-6-10-21-4)20-9-7-16-12-14(2)11-15(3)13-16/h11-13H,5-10H2,1-4H3,(H2,18,19,20). The fraction of sp³-hybridized carbons (Fsp3) is 0.588. The van der Waals surface area contributed by atoms with Gasteiger partial charge in [0.2, 0.25) is 0 Å². The van der Waals surface area contributed by atoms with Crippen molar-refractivity contribution < 1.29 is 4.74 Å². The third-order valence-electron chi connectivity index (χ3n) is 3.11. The highest BCUT2D eigenvalue weighted by Crippen LogP contribution is 2.08. The van der Waals surface area contributed by atoms with E-state index in [4.69, 9.17) is 4.74 Å². The minimum Gasteiger partial charge on any atom is -0.385 e. The molecule has 0 bridgehead atoms. The molecule has 21 heavy (non-hydrogen) atoms. The Balaban J connectivity index is 2.41. The Hall–Kier alpha value is -1.55. The molecule has 0 spiro atoms. The highest BCUT2D eigenvalue weighted by Gasteiger charge is 1.99. The highest BCUT2D eigenvalue weighted by molar-refractivity contribution is 5.79. The van der Waals surface area contributed by atoms with Gasteiger partial charge < -0.3 is 15.4 Å². The Labute approximate surface area is 129 Å². The number of benzene rings is 1. The summed E-state index contributed by atoms with van der Waals surface area (Å²) in [6.45, 7) is 9.67. The Kier molecular flexibility index (Phi) is 8.51. The number of ether oxygens (including phenoxy) is 1. The molecule has 0 atom stereocenters. The first-order chi connectivity index (χ1) is 10.2. The molecule has 1 rings (SSSR count). The number of methoxy groups -OCH3 is 1. The van der Waals surface area contributed by atoms with Crippen molar-refractivity contribution >= 4 is 5.96 Å². The molecule has 1 aromatic rings. The number of hydrogen-bond acceptors (Lipinski definition) is 2. The van der Waals surface area contributed by atoms with Gasteiger partial charge in [-0.05, 0) is 39.2 Å². The van der Waals surface area contributed by atoms with Crippen LogP contribution < -0.4 is 10.6 Å². The van der Waals surface area contributed by atoms with E-state index in [-0.39, 0.29) is 0 Å². The van der Waals surface area contributed by atoms with Gasteiger partial charge in [0.1, 0.15) is 0 Å². The summed E-state index contributed by atoms with van der Waals surface area (Å²) in [6.07, 6.45) is 1.95. The Bertz CT molecular complexity index is 423. The monoisotopic (exact) mass is 291 g/mol.